The van der Waals surface area contributed by atoms with Crippen molar-refractivity contribution in [3.8, 4) is 0 Å². The molecule has 0 heterocycles. The second-order valence-corrected chi connectivity index (χ2v) is 8.47. The van der Waals surface area contributed by atoms with E-state index in [1.54, 1.807) is 0 Å². The van der Waals surface area contributed by atoms with Crippen molar-refractivity contribution in [2.75, 3.05) is 5.75 Å². The topological polar surface area (TPSA) is 0 Å². The molecule has 1 aliphatic rings. The molecule has 1 rings (SSSR count). The number of unbranched alkanes of at least 4 members (excludes halogenated alkanes) is 5. The summed E-state index contributed by atoms with van der Waals surface area (Å²) in [4.78, 5) is 0. The minimum absolute atomic E-state index is 0.309. The molecule has 0 unspecified atom stereocenters. The van der Waals surface area contributed by atoms with E-state index in [2.05, 4.69) is 18.7 Å². The predicted octanol–water partition coefficient (Wildman–Crippen LogP) is 6.45. The van der Waals surface area contributed by atoms with Crippen LogP contribution in [0.4, 0.5) is 0 Å². The summed E-state index contributed by atoms with van der Waals surface area (Å²) in [6.45, 7) is 2.29. The third-order valence-electron chi connectivity index (χ3n) is 4.00. The first-order valence-electron chi connectivity index (χ1n) is 8.13. The van der Waals surface area contributed by atoms with Gasteiger partial charge in [0.05, 0.1) is 4.08 Å². The Kier molecular flexibility index (Phi) is 9.76. The van der Waals surface area contributed by atoms with Crippen LogP contribution in [-0.2, 0) is 0 Å². The summed E-state index contributed by atoms with van der Waals surface area (Å²) >= 11 is 7.14. The molecule has 0 nitrogen and oxygen atoms in total. The normalized spacial score (nSPS) is 20.3. The molecule has 1 saturated carbocycles. The molecule has 0 radical (unpaired) electrons. The number of thioether (sulfide) groups is 1. The van der Waals surface area contributed by atoms with Gasteiger partial charge in [0.2, 0.25) is 0 Å². The molecule has 0 aromatic rings. The first-order valence-corrected chi connectivity index (χ1v) is 9.56. The van der Waals surface area contributed by atoms with Crippen LogP contribution in [0.25, 0.3) is 0 Å². The summed E-state index contributed by atoms with van der Waals surface area (Å²) in [7, 11) is 0. The number of hydrogen-bond donors (Lipinski definition) is 1. The highest BCUT2D eigenvalue weighted by Gasteiger charge is 2.25. The Hall–Kier alpha value is 0.700. The second-order valence-electron chi connectivity index (χ2n) is 5.83. The first kappa shape index (κ1) is 16.8. The van der Waals surface area contributed by atoms with Gasteiger partial charge in [-0.3, -0.25) is 0 Å². The van der Waals surface area contributed by atoms with E-state index in [4.69, 9.17) is 12.6 Å². The van der Waals surface area contributed by atoms with Gasteiger partial charge in [-0.25, -0.2) is 0 Å². The molecule has 0 amide bonds. The smallest absolute Gasteiger partial charge is 0.0581 e. The highest BCUT2D eigenvalue weighted by atomic mass is 32.2. The molecule has 108 valence electrons. The van der Waals surface area contributed by atoms with Crippen LogP contribution < -0.4 is 0 Å². The van der Waals surface area contributed by atoms with Crippen LogP contribution >= 0.6 is 24.4 Å². The molecule has 18 heavy (non-hydrogen) atoms. The molecule has 0 aromatic heterocycles. The Morgan fingerprint density at radius 1 is 0.833 bits per heavy atom. The van der Waals surface area contributed by atoms with Gasteiger partial charge in [-0.15, -0.1) is 11.8 Å². The van der Waals surface area contributed by atoms with Crippen molar-refractivity contribution >= 4 is 24.4 Å². The van der Waals surface area contributed by atoms with E-state index in [0.29, 0.717) is 4.08 Å². The molecular formula is C16H32S2. The Labute approximate surface area is 124 Å². The maximum atomic E-state index is 4.99. The summed E-state index contributed by atoms with van der Waals surface area (Å²) in [5.74, 6) is 1.33. The van der Waals surface area contributed by atoms with Crippen LogP contribution in [0.1, 0.15) is 90.4 Å². The monoisotopic (exact) mass is 288 g/mol. The van der Waals surface area contributed by atoms with Crippen LogP contribution in [0.3, 0.4) is 0 Å². The van der Waals surface area contributed by atoms with Crippen molar-refractivity contribution in [3.05, 3.63) is 0 Å². The lowest BCUT2D eigenvalue weighted by molar-refractivity contribution is 0.495. The van der Waals surface area contributed by atoms with Crippen molar-refractivity contribution < 1.29 is 0 Å². The Morgan fingerprint density at radius 3 is 2.06 bits per heavy atom. The van der Waals surface area contributed by atoms with E-state index in [1.165, 1.54) is 89.2 Å². The largest absolute Gasteiger partial charge is 0.162 e. The molecule has 1 fully saturated rings. The molecule has 0 atom stereocenters. The first-order chi connectivity index (χ1) is 8.77. The quantitative estimate of drug-likeness (QED) is 0.304. The molecule has 0 saturated heterocycles. The van der Waals surface area contributed by atoms with Crippen molar-refractivity contribution in [1.82, 2.24) is 0 Å². The number of thiol groups is 1. The fourth-order valence-corrected chi connectivity index (χ4v) is 4.64. The number of rotatable bonds is 8. The highest BCUT2D eigenvalue weighted by Crippen LogP contribution is 2.41. The van der Waals surface area contributed by atoms with Gasteiger partial charge >= 0.3 is 0 Å². The zero-order valence-electron chi connectivity index (χ0n) is 12.3. The van der Waals surface area contributed by atoms with Crippen molar-refractivity contribution in [2.45, 2.75) is 94.5 Å². The fraction of sp³-hybridized carbons (Fsp3) is 1.00. The molecule has 0 bridgehead atoms. The Balaban J connectivity index is 2.04. The predicted molar refractivity (Wildman–Crippen MR) is 89.9 cm³/mol. The van der Waals surface area contributed by atoms with Crippen LogP contribution in [0.5, 0.6) is 0 Å². The van der Waals surface area contributed by atoms with Gasteiger partial charge in [-0.1, -0.05) is 71.1 Å². The minimum Gasteiger partial charge on any atom is -0.162 e. The van der Waals surface area contributed by atoms with Crippen molar-refractivity contribution in [1.29, 1.82) is 0 Å². The summed E-state index contributed by atoms with van der Waals surface area (Å²) in [5.41, 5.74) is 0. The van der Waals surface area contributed by atoms with Gasteiger partial charge in [0, 0.05) is 0 Å². The summed E-state index contributed by atoms with van der Waals surface area (Å²) in [6.07, 6.45) is 18.2. The van der Waals surface area contributed by atoms with Crippen LogP contribution in [0.2, 0.25) is 0 Å². The summed E-state index contributed by atoms with van der Waals surface area (Å²) in [5, 5.41) is 0. The lowest BCUT2D eigenvalue weighted by Gasteiger charge is -2.30. The molecule has 0 N–H and O–H groups in total. The zero-order valence-corrected chi connectivity index (χ0v) is 14.0. The number of hydrogen-bond acceptors (Lipinski definition) is 2. The molecule has 2 heteroatoms. The van der Waals surface area contributed by atoms with Crippen molar-refractivity contribution in [2.24, 2.45) is 0 Å². The minimum atomic E-state index is 0.309. The average Bonchev–Trinajstić information content (AvgIpc) is 2.34. The maximum Gasteiger partial charge on any atom is 0.0581 e. The SMILES string of the molecule is CCCCCCCCSC1(S)CCCCCCC1. The van der Waals surface area contributed by atoms with Crippen LogP contribution in [0.15, 0.2) is 0 Å². The molecule has 0 aromatic carbocycles. The van der Waals surface area contributed by atoms with E-state index >= 15 is 0 Å². The molecule has 1 aliphatic carbocycles. The maximum absolute atomic E-state index is 4.99. The van der Waals surface area contributed by atoms with Gasteiger partial charge in [0.15, 0.2) is 0 Å². The van der Waals surface area contributed by atoms with Crippen LogP contribution in [0, 0.1) is 0 Å². The van der Waals surface area contributed by atoms with E-state index in [9.17, 15) is 0 Å². The van der Waals surface area contributed by atoms with Crippen molar-refractivity contribution in [3.63, 3.8) is 0 Å². The van der Waals surface area contributed by atoms with Gasteiger partial charge in [0.25, 0.3) is 0 Å². The summed E-state index contributed by atoms with van der Waals surface area (Å²) in [6, 6.07) is 0. The molecule has 0 aliphatic heterocycles. The van der Waals surface area contributed by atoms with E-state index in [1.807, 2.05) is 0 Å². The van der Waals surface area contributed by atoms with Gasteiger partial charge in [0.1, 0.15) is 0 Å². The third-order valence-corrected chi connectivity index (χ3v) is 6.28. The zero-order chi connectivity index (χ0) is 13.1. The lowest BCUT2D eigenvalue weighted by atomic mass is 10.00. The van der Waals surface area contributed by atoms with Gasteiger partial charge in [-0.05, 0) is 25.0 Å². The molecule has 0 spiro atoms. The van der Waals surface area contributed by atoms with Gasteiger partial charge < -0.3 is 0 Å². The highest BCUT2D eigenvalue weighted by molar-refractivity contribution is 8.11. The Morgan fingerprint density at radius 2 is 1.39 bits per heavy atom. The standard InChI is InChI=1S/C16H32S2/c1-2-3-4-5-9-12-15-18-16(17)13-10-7-6-8-11-14-16/h17H,2-15H2,1H3. The Bertz CT molecular complexity index is 184. The van der Waals surface area contributed by atoms with E-state index < -0.39 is 0 Å². The molecular weight excluding hydrogens is 256 g/mol. The van der Waals surface area contributed by atoms with E-state index in [0.717, 1.165) is 0 Å². The third kappa shape index (κ3) is 7.99. The summed E-state index contributed by atoms with van der Waals surface area (Å²) < 4.78 is 0.309. The average molecular weight is 289 g/mol. The van der Waals surface area contributed by atoms with Gasteiger partial charge in [-0.2, -0.15) is 12.6 Å². The lowest BCUT2D eigenvalue weighted by Crippen LogP contribution is -2.19. The van der Waals surface area contributed by atoms with E-state index in [-0.39, 0.29) is 0 Å². The fourth-order valence-electron chi connectivity index (χ4n) is 2.75. The van der Waals surface area contributed by atoms with Crippen LogP contribution in [-0.4, -0.2) is 9.83 Å². The second kappa shape index (κ2) is 10.5.